The summed E-state index contributed by atoms with van der Waals surface area (Å²) in [7, 11) is 0. The van der Waals surface area contributed by atoms with Gasteiger partial charge in [0.1, 0.15) is 5.82 Å². The van der Waals surface area contributed by atoms with Gasteiger partial charge in [0.15, 0.2) is 0 Å². The molecule has 0 saturated heterocycles. The van der Waals surface area contributed by atoms with E-state index in [0.29, 0.717) is 5.92 Å². The van der Waals surface area contributed by atoms with Crippen molar-refractivity contribution in [3.05, 3.63) is 77.5 Å². The molecule has 2 aromatic carbocycles. The third kappa shape index (κ3) is 2.19. The van der Waals surface area contributed by atoms with Gasteiger partial charge in [0.05, 0.1) is 11.1 Å². The minimum Gasteiger partial charge on any atom is -0.205 e. The molecule has 0 radical (unpaired) electrons. The average Bonchev–Trinajstić information content (AvgIpc) is 3.18. The van der Waals surface area contributed by atoms with E-state index >= 15 is 0 Å². The van der Waals surface area contributed by atoms with Crippen molar-refractivity contribution in [3.8, 4) is 0 Å². The minimum absolute atomic E-state index is 0.169. The number of halogens is 1. The molecule has 0 bridgehead atoms. The van der Waals surface area contributed by atoms with E-state index in [4.69, 9.17) is 0 Å². The van der Waals surface area contributed by atoms with Crippen molar-refractivity contribution in [2.24, 2.45) is 5.92 Å². The van der Waals surface area contributed by atoms with Crippen molar-refractivity contribution < 1.29 is 4.39 Å². The van der Waals surface area contributed by atoms with E-state index in [1.54, 1.807) is 12.1 Å². The molecule has 3 rings (SSSR count). The van der Waals surface area contributed by atoms with E-state index in [1.165, 1.54) is 24.3 Å². The highest BCUT2D eigenvalue weighted by atomic mass is 19.1. The summed E-state index contributed by atoms with van der Waals surface area (Å²) in [5, 5.41) is 0. The summed E-state index contributed by atoms with van der Waals surface area (Å²) in [5.41, 5.74) is 2.42. The molecule has 1 aliphatic rings. The molecular weight excluding hydrogens is 211 g/mol. The zero-order valence-electron chi connectivity index (χ0n) is 9.57. The Balaban J connectivity index is 1.98. The molecule has 2 aromatic rings. The maximum atomic E-state index is 13.0. The van der Waals surface area contributed by atoms with E-state index in [0.717, 1.165) is 5.56 Å². The Morgan fingerprint density at radius 2 is 1.41 bits per heavy atom. The molecule has 0 nitrogen and oxygen atoms in total. The first-order valence-electron chi connectivity index (χ1n) is 6.03. The summed E-state index contributed by atoms with van der Waals surface area (Å²) < 4.78 is 13.0. The molecule has 0 spiro atoms. The van der Waals surface area contributed by atoms with Crippen LogP contribution >= 0.6 is 0 Å². The first-order valence-corrected chi connectivity index (χ1v) is 6.03. The predicted octanol–water partition coefficient (Wildman–Crippen LogP) is 4.21. The van der Waals surface area contributed by atoms with Crippen molar-refractivity contribution in [2.45, 2.75) is 12.8 Å². The van der Waals surface area contributed by atoms with Crippen LogP contribution in [0.15, 0.2) is 54.6 Å². The van der Waals surface area contributed by atoms with Crippen LogP contribution in [0.5, 0.6) is 0 Å². The molecule has 0 amide bonds. The molecule has 0 unspecified atom stereocenters. The van der Waals surface area contributed by atoms with Gasteiger partial charge in [-0.25, -0.2) is 4.39 Å². The predicted molar refractivity (Wildman–Crippen MR) is 67.0 cm³/mol. The lowest BCUT2D eigenvalue weighted by atomic mass is 9.87. The van der Waals surface area contributed by atoms with E-state index in [1.807, 2.05) is 18.2 Å². The number of hydrogen-bond acceptors (Lipinski definition) is 0. The lowest BCUT2D eigenvalue weighted by Gasteiger charge is -2.10. The molecule has 0 heterocycles. The zero-order chi connectivity index (χ0) is 11.7. The molecule has 1 saturated carbocycles. The van der Waals surface area contributed by atoms with Gasteiger partial charge in [-0.15, -0.1) is 0 Å². The molecule has 0 aliphatic heterocycles. The van der Waals surface area contributed by atoms with E-state index in [2.05, 4.69) is 24.3 Å². The second-order valence-corrected chi connectivity index (χ2v) is 4.56. The molecule has 1 fully saturated rings. The van der Waals surface area contributed by atoms with E-state index in [9.17, 15) is 4.39 Å². The van der Waals surface area contributed by atoms with Gasteiger partial charge in [-0.3, -0.25) is 0 Å². The molecule has 17 heavy (non-hydrogen) atoms. The van der Waals surface area contributed by atoms with Crippen LogP contribution in [0.4, 0.5) is 4.39 Å². The van der Waals surface area contributed by atoms with Crippen LogP contribution in [0.3, 0.4) is 0 Å². The zero-order valence-corrected chi connectivity index (χ0v) is 9.57. The Morgan fingerprint density at radius 1 is 0.824 bits per heavy atom. The van der Waals surface area contributed by atoms with Gasteiger partial charge in [-0.05, 0) is 31.0 Å². The van der Waals surface area contributed by atoms with Crippen LogP contribution in [0, 0.1) is 17.7 Å². The van der Waals surface area contributed by atoms with Crippen molar-refractivity contribution >= 4 is 0 Å². The quantitative estimate of drug-likeness (QED) is 0.686. The summed E-state index contributed by atoms with van der Waals surface area (Å²) in [6.07, 6.45) is 2.50. The topological polar surface area (TPSA) is 0 Å². The van der Waals surface area contributed by atoms with Gasteiger partial charge in [-0.2, -0.15) is 0 Å². The van der Waals surface area contributed by atoms with Gasteiger partial charge in [0.2, 0.25) is 0 Å². The highest BCUT2D eigenvalue weighted by molar-refractivity contribution is 5.48. The van der Waals surface area contributed by atoms with E-state index in [-0.39, 0.29) is 5.82 Å². The smallest absolute Gasteiger partial charge is 0.138 e. The maximum Gasteiger partial charge on any atom is 0.138 e. The summed E-state index contributed by atoms with van der Waals surface area (Å²) in [4.78, 5) is 0. The lowest BCUT2D eigenvalue weighted by molar-refractivity contribution is 0.627. The first-order chi connectivity index (χ1) is 8.34. The second kappa shape index (κ2) is 4.25. The fraction of sp³-hybridized carbons (Fsp3) is 0.188. The van der Waals surface area contributed by atoms with Gasteiger partial charge in [0.25, 0.3) is 0 Å². The van der Waals surface area contributed by atoms with Gasteiger partial charge in [0, 0.05) is 48.2 Å². The van der Waals surface area contributed by atoms with Crippen LogP contribution in [0.2, 0.25) is 0 Å². The molecule has 1 heteroatoms. The fourth-order valence-electron chi connectivity index (χ4n) is 2.26. The molecule has 0 atom stereocenters. The Morgan fingerprint density at radius 3 is 2.00 bits per heavy atom. The summed E-state index contributed by atoms with van der Waals surface area (Å²) in [6, 6.07) is 17.3. The summed E-state index contributed by atoms with van der Waals surface area (Å²) >= 11 is 0. The Labute approximate surface area is 101 Å². The van der Waals surface area contributed by atoms with Crippen LogP contribution in [-0.4, -0.2) is 0 Å². The van der Waals surface area contributed by atoms with Crippen LogP contribution in [0.25, 0.3) is 0 Å². The highest BCUT2D eigenvalue weighted by Gasteiger charge is 2.37. The summed E-state index contributed by atoms with van der Waals surface area (Å²) in [5.74, 6) is 1.85. The molecule has 1 aliphatic carbocycles. The lowest BCUT2D eigenvalue weighted by Crippen LogP contribution is -2.04. The average molecular weight is 225 g/mol. The monoisotopic (exact) mass is 225 g/mol. The van der Waals surface area contributed by atoms with Crippen molar-refractivity contribution in [2.75, 3.05) is 0 Å². The Hall–Kier alpha value is -1.76. The minimum atomic E-state index is -0.169. The Bertz CT molecular complexity index is 483. The standard InChI is InChI=1S/C16H14F/c17-15-10-8-14(9-11-15)16(13-6-7-13)12-4-2-1-3-5-12/h1-5,8-11,13H,6-7H2/q+1. The largest absolute Gasteiger partial charge is 0.205 e. The normalized spacial score (nSPS) is 14.6. The molecular formula is C16H14F+. The van der Waals surface area contributed by atoms with Crippen molar-refractivity contribution in [1.29, 1.82) is 0 Å². The van der Waals surface area contributed by atoms with Gasteiger partial charge < -0.3 is 0 Å². The second-order valence-electron chi connectivity index (χ2n) is 4.56. The van der Waals surface area contributed by atoms with Gasteiger partial charge in [-0.1, -0.05) is 0 Å². The molecule has 0 N–H and O–H groups in total. The number of benzene rings is 2. The first kappa shape index (κ1) is 10.4. The highest BCUT2D eigenvalue weighted by Crippen LogP contribution is 2.45. The molecule has 84 valence electrons. The summed E-state index contributed by atoms with van der Waals surface area (Å²) in [6.45, 7) is 0. The number of hydrogen-bond donors (Lipinski definition) is 0. The van der Waals surface area contributed by atoms with Crippen LogP contribution in [0.1, 0.15) is 24.0 Å². The van der Waals surface area contributed by atoms with Crippen LogP contribution < -0.4 is 0 Å². The maximum absolute atomic E-state index is 13.0. The fourth-order valence-corrected chi connectivity index (χ4v) is 2.26. The number of rotatable bonds is 3. The van der Waals surface area contributed by atoms with Gasteiger partial charge >= 0.3 is 0 Å². The third-order valence-electron chi connectivity index (χ3n) is 3.23. The van der Waals surface area contributed by atoms with Crippen molar-refractivity contribution in [3.63, 3.8) is 0 Å². The van der Waals surface area contributed by atoms with E-state index < -0.39 is 0 Å². The van der Waals surface area contributed by atoms with Crippen molar-refractivity contribution in [1.82, 2.24) is 0 Å². The van der Waals surface area contributed by atoms with Crippen LogP contribution in [-0.2, 0) is 0 Å². The molecule has 0 aromatic heterocycles. The Kier molecular flexibility index (Phi) is 2.60. The SMILES string of the molecule is Fc1ccc([C+](c2ccccc2)C2CC2)cc1. The third-order valence-corrected chi connectivity index (χ3v) is 3.23.